The van der Waals surface area contributed by atoms with Gasteiger partial charge in [0, 0.05) is 39.0 Å². The van der Waals surface area contributed by atoms with E-state index < -0.39 is 0 Å². The molecule has 0 atom stereocenters. The van der Waals surface area contributed by atoms with Crippen molar-refractivity contribution in [2.45, 2.75) is 33.1 Å². The number of benzene rings is 1. The van der Waals surface area contributed by atoms with E-state index in [1.54, 1.807) is 0 Å². The van der Waals surface area contributed by atoms with E-state index in [2.05, 4.69) is 28.4 Å². The molecule has 3 heteroatoms. The molecule has 0 saturated carbocycles. The largest absolute Gasteiger partial charge is 0.374 e. The predicted octanol–water partition coefficient (Wildman–Crippen LogP) is 3.15. The molecule has 2 aromatic rings. The van der Waals surface area contributed by atoms with E-state index in [0.717, 1.165) is 10.9 Å². The second-order valence-corrected chi connectivity index (χ2v) is 4.08. The average Bonchev–Trinajstić information content (AvgIpc) is 2.74. The summed E-state index contributed by atoms with van der Waals surface area (Å²) in [5.41, 5.74) is 3.96. The fourth-order valence-corrected chi connectivity index (χ4v) is 2.01. The van der Waals surface area contributed by atoms with E-state index in [1.165, 1.54) is 30.4 Å². The van der Waals surface area contributed by atoms with Gasteiger partial charge in [-0.25, -0.2) is 0 Å². The van der Waals surface area contributed by atoms with E-state index in [9.17, 15) is 0 Å². The molecule has 0 bridgehead atoms. The van der Waals surface area contributed by atoms with Gasteiger partial charge in [-0.2, -0.15) is 13.8 Å². The van der Waals surface area contributed by atoms with Crippen molar-refractivity contribution >= 4 is 10.9 Å². The van der Waals surface area contributed by atoms with Crippen LogP contribution in [0.1, 0.15) is 31.4 Å². The van der Waals surface area contributed by atoms with Crippen LogP contribution in [-0.2, 0) is 45.6 Å². The van der Waals surface area contributed by atoms with E-state index >= 15 is 0 Å². The van der Waals surface area contributed by atoms with Gasteiger partial charge < -0.3 is 16.4 Å². The van der Waals surface area contributed by atoms with E-state index in [-0.39, 0.29) is 32.7 Å². The van der Waals surface area contributed by atoms with Gasteiger partial charge in [0.1, 0.15) is 0 Å². The molecule has 0 N–H and O–H groups in total. The first-order valence-corrected chi connectivity index (χ1v) is 5.73. The third-order valence-electron chi connectivity index (χ3n) is 2.67. The van der Waals surface area contributed by atoms with Gasteiger partial charge >= 0.3 is 0 Å². The summed E-state index contributed by atoms with van der Waals surface area (Å²) in [6.45, 7) is 4.00. The van der Waals surface area contributed by atoms with Crippen molar-refractivity contribution < 1.29 is 32.7 Å². The SMILES string of the molecule is C[CH-]C.[Y].[c-]1ncc2cc3c(cc2n1)CCC3. The van der Waals surface area contributed by atoms with Crippen LogP contribution in [0.25, 0.3) is 10.9 Å². The molecule has 87 valence electrons. The van der Waals surface area contributed by atoms with Crippen molar-refractivity contribution in [2.75, 3.05) is 0 Å². The molecule has 1 aromatic carbocycles. The first-order valence-electron chi connectivity index (χ1n) is 5.73. The smallest absolute Gasteiger partial charge is 0.0219 e. The molecule has 0 unspecified atom stereocenters. The summed E-state index contributed by atoms with van der Waals surface area (Å²) in [4.78, 5) is 8.02. The minimum atomic E-state index is 0. The zero-order chi connectivity index (χ0) is 11.4. The summed E-state index contributed by atoms with van der Waals surface area (Å²) in [6.07, 6.45) is 10.2. The number of nitrogens with zero attached hydrogens (tertiary/aromatic N) is 2. The summed E-state index contributed by atoms with van der Waals surface area (Å²) in [6, 6.07) is 4.39. The van der Waals surface area contributed by atoms with Crippen molar-refractivity contribution in [3.8, 4) is 0 Å². The Kier molecular flexibility index (Phi) is 6.22. The van der Waals surface area contributed by atoms with Crippen LogP contribution in [0.5, 0.6) is 0 Å². The van der Waals surface area contributed by atoms with Crippen LogP contribution in [0.4, 0.5) is 0 Å². The molecule has 0 amide bonds. The molecule has 1 radical (unpaired) electrons. The number of hydrogen-bond acceptors (Lipinski definition) is 2. The van der Waals surface area contributed by atoms with Gasteiger partial charge in [-0.1, -0.05) is 29.3 Å². The maximum absolute atomic E-state index is 4.12. The fraction of sp³-hybridized carbons (Fsp3) is 0.357. The van der Waals surface area contributed by atoms with Gasteiger partial charge in [0.2, 0.25) is 0 Å². The van der Waals surface area contributed by atoms with Crippen LogP contribution >= 0.6 is 0 Å². The predicted molar refractivity (Wildman–Crippen MR) is 66.0 cm³/mol. The van der Waals surface area contributed by atoms with Crippen molar-refractivity contribution in [1.29, 1.82) is 0 Å². The van der Waals surface area contributed by atoms with Crippen LogP contribution in [0.3, 0.4) is 0 Å². The molecule has 0 aliphatic heterocycles. The number of rotatable bonds is 0. The van der Waals surface area contributed by atoms with Crippen LogP contribution < -0.4 is 0 Å². The molecule has 0 saturated heterocycles. The number of fused-ring (bicyclic) bond motifs is 2. The number of aryl methyl sites for hydroxylation is 2. The summed E-state index contributed by atoms with van der Waals surface area (Å²) in [7, 11) is 0. The minimum absolute atomic E-state index is 0. The van der Waals surface area contributed by atoms with Gasteiger partial charge in [0.05, 0.1) is 0 Å². The number of hydrogen-bond donors (Lipinski definition) is 0. The second kappa shape index (κ2) is 7.18. The van der Waals surface area contributed by atoms with Crippen molar-refractivity contribution in [1.82, 2.24) is 9.97 Å². The van der Waals surface area contributed by atoms with Crippen molar-refractivity contribution in [2.24, 2.45) is 0 Å². The van der Waals surface area contributed by atoms with Crippen LogP contribution in [0, 0.1) is 12.7 Å². The molecular formula is C14H16N2Y-2. The fourth-order valence-electron chi connectivity index (χ4n) is 2.01. The Morgan fingerprint density at radius 2 is 1.82 bits per heavy atom. The maximum Gasteiger partial charge on any atom is 0.0219 e. The quantitative estimate of drug-likeness (QED) is 0.699. The Balaban J connectivity index is 0.000000331. The normalized spacial score (nSPS) is 12.4. The summed E-state index contributed by atoms with van der Waals surface area (Å²) in [5, 5.41) is 1.14. The Bertz CT molecular complexity index is 440. The van der Waals surface area contributed by atoms with Gasteiger partial charge in [0.15, 0.2) is 0 Å². The molecule has 1 aliphatic carbocycles. The topological polar surface area (TPSA) is 25.8 Å². The first kappa shape index (κ1) is 14.7. The minimum Gasteiger partial charge on any atom is -0.374 e. The summed E-state index contributed by atoms with van der Waals surface area (Å²) in [5.74, 6) is 0. The van der Waals surface area contributed by atoms with Gasteiger partial charge in [-0.3, -0.25) is 0 Å². The molecule has 17 heavy (non-hydrogen) atoms. The van der Waals surface area contributed by atoms with E-state index in [4.69, 9.17) is 0 Å². The summed E-state index contributed by atoms with van der Waals surface area (Å²) < 4.78 is 0. The van der Waals surface area contributed by atoms with Gasteiger partial charge in [0.25, 0.3) is 0 Å². The molecule has 0 spiro atoms. The van der Waals surface area contributed by atoms with Gasteiger partial charge in [-0.15, -0.1) is 0 Å². The molecule has 2 nitrogen and oxygen atoms in total. The van der Waals surface area contributed by atoms with Crippen LogP contribution in [-0.4, -0.2) is 9.97 Å². The van der Waals surface area contributed by atoms with Crippen LogP contribution in [0.15, 0.2) is 18.3 Å². The van der Waals surface area contributed by atoms with E-state index in [0.29, 0.717) is 0 Å². The maximum atomic E-state index is 4.12. The third kappa shape index (κ3) is 3.56. The monoisotopic (exact) mass is 301 g/mol. The zero-order valence-corrected chi connectivity index (χ0v) is 13.2. The van der Waals surface area contributed by atoms with Crippen molar-refractivity contribution in [3.63, 3.8) is 0 Å². The van der Waals surface area contributed by atoms with E-state index in [1.807, 2.05) is 26.5 Å². The molecule has 1 heterocycles. The Hall–Kier alpha value is -0.336. The Morgan fingerprint density at radius 3 is 2.53 bits per heavy atom. The molecule has 1 aromatic heterocycles. The van der Waals surface area contributed by atoms with Crippen LogP contribution in [0.2, 0.25) is 0 Å². The zero-order valence-electron chi connectivity index (χ0n) is 10.4. The molecule has 1 aliphatic rings. The molecular weight excluding hydrogens is 285 g/mol. The number of aromatic nitrogens is 2. The average molecular weight is 301 g/mol. The Morgan fingerprint density at radius 1 is 1.18 bits per heavy atom. The Labute approximate surface area is 128 Å². The summed E-state index contributed by atoms with van der Waals surface area (Å²) >= 11 is 0. The molecule has 0 fully saturated rings. The second-order valence-electron chi connectivity index (χ2n) is 4.08. The van der Waals surface area contributed by atoms with Crippen molar-refractivity contribution in [3.05, 3.63) is 42.2 Å². The standard InChI is InChI=1S/C11H9N2.C3H7.Y/c1-2-8-4-10-6-12-7-13-11(10)5-9(8)3-1;1-3-2;/h4-6H,1-3H2;3H,1-2H3;/q2*-1;. The first-order chi connectivity index (χ1) is 7.85. The van der Waals surface area contributed by atoms with Gasteiger partial charge in [-0.05, 0) is 30.3 Å². The molecule has 3 rings (SSSR count). The third-order valence-corrected chi connectivity index (χ3v) is 2.67.